The maximum Gasteiger partial charge on any atom is 0.415 e. The highest BCUT2D eigenvalue weighted by Gasteiger charge is 2.47. The highest BCUT2D eigenvalue weighted by molar-refractivity contribution is 5.79. The van der Waals surface area contributed by atoms with Crippen LogP contribution in [0, 0.1) is 0 Å². The lowest BCUT2D eigenvalue weighted by Gasteiger charge is -2.35. The van der Waals surface area contributed by atoms with E-state index in [4.69, 9.17) is 9.26 Å². The first-order chi connectivity index (χ1) is 12.1. The zero-order valence-electron chi connectivity index (χ0n) is 13.1. The molecule has 1 aliphatic heterocycles. The van der Waals surface area contributed by atoms with Crippen LogP contribution >= 0.6 is 0 Å². The number of hydrogen-bond donors (Lipinski definition) is 0. The average Bonchev–Trinajstić information content (AvgIpc) is 3.03. The van der Waals surface area contributed by atoms with E-state index < -0.39 is 12.1 Å². The van der Waals surface area contributed by atoms with Gasteiger partial charge < -0.3 is 9.26 Å². The second kappa shape index (κ2) is 5.84. The van der Waals surface area contributed by atoms with Crippen LogP contribution in [-0.4, -0.2) is 22.7 Å². The summed E-state index contributed by atoms with van der Waals surface area (Å²) in [5.74, 6) is 0. The van der Waals surface area contributed by atoms with E-state index in [0.29, 0.717) is 33.5 Å². The quantitative estimate of drug-likeness (QED) is 0.658. The van der Waals surface area contributed by atoms with Crippen LogP contribution in [0.25, 0.3) is 11.0 Å². The summed E-state index contributed by atoms with van der Waals surface area (Å²) in [5, 5.41) is 4.51. The van der Waals surface area contributed by atoms with Gasteiger partial charge in [-0.2, -0.15) is 8.78 Å². The van der Waals surface area contributed by atoms with Gasteiger partial charge in [0.15, 0.2) is 5.58 Å². The number of hydrogen-bond acceptors (Lipinski definition) is 4. The average molecular weight is 344 g/mol. The van der Waals surface area contributed by atoms with Crippen molar-refractivity contribution < 1.29 is 22.8 Å². The fraction of sp³-hybridized carbons (Fsp3) is 0.222. The van der Waals surface area contributed by atoms with Crippen molar-refractivity contribution in [2.45, 2.75) is 19.1 Å². The highest BCUT2D eigenvalue weighted by atomic mass is 19.3. The molecule has 4 rings (SSSR count). The van der Waals surface area contributed by atoms with Gasteiger partial charge in [-0.25, -0.2) is 9.69 Å². The number of benzene rings is 2. The van der Waals surface area contributed by atoms with E-state index in [2.05, 4.69) is 5.16 Å². The molecule has 25 heavy (non-hydrogen) atoms. The largest absolute Gasteiger partial charge is 0.443 e. The first-order valence-corrected chi connectivity index (χ1v) is 7.81. The number of ether oxygens (including phenoxy) is 1. The van der Waals surface area contributed by atoms with Crippen LogP contribution in [0.4, 0.5) is 13.6 Å². The van der Waals surface area contributed by atoms with Crippen LogP contribution in [0.3, 0.4) is 0 Å². The third-order valence-electron chi connectivity index (χ3n) is 4.29. The summed E-state index contributed by atoms with van der Waals surface area (Å²) in [6, 6.07) is 9.88. The predicted octanol–water partition coefficient (Wildman–Crippen LogP) is 4.07. The summed E-state index contributed by atoms with van der Waals surface area (Å²) in [4.78, 5) is 12.7. The smallest absolute Gasteiger partial charge is 0.415 e. The van der Waals surface area contributed by atoms with Crippen LogP contribution in [-0.2, 0) is 23.8 Å². The van der Waals surface area contributed by atoms with Gasteiger partial charge in [-0.05, 0) is 24.1 Å². The maximum absolute atomic E-state index is 14.6. The summed E-state index contributed by atoms with van der Waals surface area (Å²) >= 11 is 0. The molecule has 0 bridgehead atoms. The molecule has 2 heterocycles. The molecule has 1 aliphatic rings. The lowest BCUT2D eigenvalue weighted by molar-refractivity contribution is -0.146. The molecule has 0 aliphatic carbocycles. The Bertz CT molecular complexity index is 939. The molecule has 0 unspecified atom stereocenters. The van der Waals surface area contributed by atoms with Crippen molar-refractivity contribution in [3.63, 3.8) is 0 Å². The highest BCUT2D eigenvalue weighted by Crippen LogP contribution is 2.38. The van der Waals surface area contributed by atoms with Crippen LogP contribution in [0.15, 0.2) is 53.1 Å². The zero-order chi connectivity index (χ0) is 17.4. The molecule has 0 atom stereocenters. The minimum atomic E-state index is -3.40. The molecule has 0 saturated heterocycles. The van der Waals surface area contributed by atoms with Gasteiger partial charge in [-0.3, -0.25) is 0 Å². The number of fused-ring (bicyclic) bond motifs is 2. The van der Waals surface area contributed by atoms with Gasteiger partial charge in [0.05, 0.1) is 0 Å². The number of amides is 1. The Hall–Kier alpha value is -2.96. The summed E-state index contributed by atoms with van der Waals surface area (Å²) in [6.07, 6.45) is -0.722. The molecule has 7 heteroatoms. The van der Waals surface area contributed by atoms with E-state index in [1.807, 2.05) is 0 Å². The van der Waals surface area contributed by atoms with E-state index >= 15 is 0 Å². The van der Waals surface area contributed by atoms with Crippen LogP contribution < -0.4 is 0 Å². The van der Waals surface area contributed by atoms with Crippen molar-refractivity contribution in [1.82, 2.24) is 10.1 Å². The van der Waals surface area contributed by atoms with Crippen LogP contribution in [0.1, 0.15) is 16.8 Å². The van der Waals surface area contributed by atoms with Gasteiger partial charge in [0, 0.05) is 17.5 Å². The normalized spacial score (nSPS) is 15.8. The van der Waals surface area contributed by atoms with Crippen molar-refractivity contribution in [2.75, 3.05) is 6.54 Å². The number of halogens is 2. The molecule has 0 fully saturated rings. The fourth-order valence-electron chi connectivity index (χ4n) is 3.01. The summed E-state index contributed by atoms with van der Waals surface area (Å²) in [5.41, 5.74) is 1.32. The van der Waals surface area contributed by atoms with Gasteiger partial charge >= 0.3 is 12.1 Å². The maximum atomic E-state index is 14.6. The van der Waals surface area contributed by atoms with Crippen molar-refractivity contribution >= 4 is 17.1 Å². The third-order valence-corrected chi connectivity index (χ3v) is 4.29. The Labute approximate surface area is 141 Å². The van der Waals surface area contributed by atoms with E-state index in [-0.39, 0.29) is 18.7 Å². The zero-order valence-corrected chi connectivity index (χ0v) is 13.1. The number of carbonyl (C=O) groups excluding carboxylic acids is 1. The second-order valence-corrected chi connectivity index (χ2v) is 5.78. The van der Waals surface area contributed by atoms with E-state index in [0.717, 1.165) is 0 Å². The molecule has 3 aromatic rings. The molecule has 0 spiro atoms. The number of rotatable bonds is 2. The third kappa shape index (κ3) is 2.61. The summed E-state index contributed by atoms with van der Waals surface area (Å²) < 4.78 is 39.4. The van der Waals surface area contributed by atoms with Crippen molar-refractivity contribution in [1.29, 1.82) is 0 Å². The number of alkyl halides is 2. The second-order valence-electron chi connectivity index (χ2n) is 5.78. The van der Waals surface area contributed by atoms with Gasteiger partial charge in [0.1, 0.15) is 12.3 Å². The SMILES string of the molecule is O=C(OCc1noc2ccccc12)N1CCc2ccccc2C1(F)F. The molecule has 5 nitrogen and oxygen atoms in total. The van der Waals surface area contributed by atoms with Crippen molar-refractivity contribution in [3.8, 4) is 0 Å². The molecule has 128 valence electrons. The topological polar surface area (TPSA) is 55.6 Å². The summed E-state index contributed by atoms with van der Waals surface area (Å²) in [7, 11) is 0. The molecule has 2 aromatic carbocycles. The Kier molecular flexibility index (Phi) is 3.63. The number of nitrogens with zero attached hydrogens (tertiary/aromatic N) is 2. The fourth-order valence-corrected chi connectivity index (χ4v) is 3.01. The standard InChI is InChI=1S/C18H14F2N2O3/c19-18(20)14-7-3-1-5-12(14)9-10-22(18)17(23)24-11-15-13-6-2-4-8-16(13)25-21-15/h1-8H,9-11H2. The van der Waals surface area contributed by atoms with Gasteiger partial charge in [0.25, 0.3) is 0 Å². The van der Waals surface area contributed by atoms with Crippen LogP contribution in [0.2, 0.25) is 0 Å². The summed E-state index contributed by atoms with van der Waals surface area (Å²) in [6.45, 7) is -0.341. The number of para-hydroxylation sites is 1. The predicted molar refractivity (Wildman–Crippen MR) is 84.9 cm³/mol. The number of carbonyl (C=O) groups is 1. The van der Waals surface area contributed by atoms with Gasteiger partial charge in [-0.15, -0.1) is 0 Å². The minimum absolute atomic E-state index is 0.109. The van der Waals surface area contributed by atoms with E-state index in [1.165, 1.54) is 12.1 Å². The first-order valence-electron chi connectivity index (χ1n) is 7.81. The molecular weight excluding hydrogens is 330 g/mol. The lowest BCUT2D eigenvalue weighted by atomic mass is 9.98. The lowest BCUT2D eigenvalue weighted by Crippen LogP contribution is -2.48. The molecule has 1 aromatic heterocycles. The Morgan fingerprint density at radius 3 is 2.84 bits per heavy atom. The molecule has 1 amide bonds. The van der Waals surface area contributed by atoms with Gasteiger partial charge in [0.2, 0.25) is 0 Å². The number of aromatic nitrogens is 1. The molecule has 0 N–H and O–H groups in total. The molecule has 0 saturated carbocycles. The van der Waals surface area contributed by atoms with E-state index in [9.17, 15) is 13.6 Å². The molecule has 0 radical (unpaired) electrons. The Morgan fingerprint density at radius 1 is 1.20 bits per heavy atom. The van der Waals surface area contributed by atoms with Crippen molar-refractivity contribution in [2.24, 2.45) is 0 Å². The minimum Gasteiger partial charge on any atom is -0.443 e. The molecular formula is C18H14F2N2O3. The van der Waals surface area contributed by atoms with Crippen molar-refractivity contribution in [3.05, 3.63) is 65.4 Å². The monoisotopic (exact) mass is 344 g/mol. The Balaban J connectivity index is 1.52. The first kappa shape index (κ1) is 15.6. The van der Waals surface area contributed by atoms with E-state index in [1.54, 1.807) is 36.4 Å². The Morgan fingerprint density at radius 2 is 1.96 bits per heavy atom. The van der Waals surface area contributed by atoms with Gasteiger partial charge in [-0.1, -0.05) is 41.6 Å². The van der Waals surface area contributed by atoms with Crippen LogP contribution in [0.5, 0.6) is 0 Å².